The lowest BCUT2D eigenvalue weighted by molar-refractivity contribution is -0.124. The van der Waals surface area contributed by atoms with Gasteiger partial charge in [0.2, 0.25) is 0 Å². The van der Waals surface area contributed by atoms with Crippen molar-refractivity contribution in [2.45, 2.75) is 25.9 Å². The van der Waals surface area contributed by atoms with Crippen molar-refractivity contribution >= 4 is 28.9 Å². The van der Waals surface area contributed by atoms with Crippen LogP contribution in [-0.4, -0.2) is 73.3 Å². The van der Waals surface area contributed by atoms with Gasteiger partial charge in [0.25, 0.3) is 11.8 Å². The average molecular weight is 568 g/mol. The average Bonchev–Trinajstić information content (AvgIpc) is 3.13. The van der Waals surface area contributed by atoms with E-state index in [0.717, 1.165) is 43.9 Å². The van der Waals surface area contributed by atoms with Crippen molar-refractivity contribution in [1.82, 2.24) is 20.6 Å². The molecule has 2 aliphatic heterocycles. The van der Waals surface area contributed by atoms with Crippen LogP contribution >= 0.6 is 0 Å². The lowest BCUT2D eigenvalue weighted by Crippen LogP contribution is -2.51. The van der Waals surface area contributed by atoms with Crippen molar-refractivity contribution in [3.63, 3.8) is 0 Å². The largest absolute Gasteiger partial charge is 0.489 e. The summed E-state index contributed by atoms with van der Waals surface area (Å²) in [5.74, 6) is -0.0968. The quantitative estimate of drug-likeness (QED) is 0.303. The van der Waals surface area contributed by atoms with Gasteiger partial charge in [-0.05, 0) is 42.3 Å². The lowest BCUT2D eigenvalue weighted by atomic mass is 10.1. The number of ether oxygens (including phenoxy) is 1. The molecule has 3 aromatic rings. The molecule has 10 heteroatoms. The number of anilines is 2. The first-order chi connectivity index (χ1) is 20.4. The fraction of sp³-hybridized carbons (Fsp3) is 0.312. The van der Waals surface area contributed by atoms with E-state index in [1.54, 1.807) is 18.9 Å². The van der Waals surface area contributed by atoms with Gasteiger partial charge in [-0.15, -0.1) is 0 Å². The zero-order valence-corrected chi connectivity index (χ0v) is 24.1. The number of benzene rings is 2. The molecular formula is C32H37N7O3. The first kappa shape index (κ1) is 28.8. The van der Waals surface area contributed by atoms with Crippen molar-refractivity contribution in [3.05, 3.63) is 96.5 Å². The molecule has 0 bridgehead atoms. The van der Waals surface area contributed by atoms with E-state index < -0.39 is 11.9 Å². The van der Waals surface area contributed by atoms with Crippen LogP contribution in [-0.2, 0) is 22.6 Å². The normalized spacial score (nSPS) is 17.6. The number of hydrogen-bond donors (Lipinski definition) is 2. The number of hydrazone groups is 1. The van der Waals surface area contributed by atoms with E-state index in [1.807, 2.05) is 73.1 Å². The van der Waals surface area contributed by atoms with Gasteiger partial charge >= 0.3 is 0 Å². The standard InChI is InChI=1S/C32H37N7O3/c1-23(19-25-7-5-4-6-8-25)35-36-24(2)31(40)34-28-22-42-30-10-9-26(20-29(30)37(3)32(28)41)21-38-15-17-39(18-16-38)27-11-13-33-14-12-27/h4-14,20,28,35H,1,15-19,21-22H2,2-3H3,(H,34,40)/b36-24+/t28-/m0/s1. The zero-order valence-electron chi connectivity index (χ0n) is 24.1. The predicted molar refractivity (Wildman–Crippen MR) is 165 cm³/mol. The fourth-order valence-electron chi connectivity index (χ4n) is 5.08. The van der Waals surface area contributed by atoms with Crippen LogP contribution < -0.4 is 25.3 Å². The van der Waals surface area contributed by atoms with Crippen molar-refractivity contribution in [1.29, 1.82) is 0 Å². The van der Waals surface area contributed by atoms with E-state index >= 15 is 0 Å². The van der Waals surface area contributed by atoms with E-state index in [4.69, 9.17) is 4.74 Å². The summed E-state index contributed by atoms with van der Waals surface area (Å²) in [5.41, 5.74) is 7.75. The Kier molecular flexibility index (Phi) is 9.13. The van der Waals surface area contributed by atoms with Crippen LogP contribution in [0.4, 0.5) is 11.4 Å². The van der Waals surface area contributed by atoms with Crippen LogP contribution in [0.1, 0.15) is 18.1 Å². The second-order valence-electron chi connectivity index (χ2n) is 10.6. The summed E-state index contributed by atoms with van der Waals surface area (Å²) in [4.78, 5) is 36.7. The van der Waals surface area contributed by atoms with E-state index in [-0.39, 0.29) is 18.2 Å². The maximum Gasteiger partial charge on any atom is 0.267 e. The molecule has 1 saturated heterocycles. The van der Waals surface area contributed by atoms with Crippen molar-refractivity contribution in [2.24, 2.45) is 5.10 Å². The number of allylic oxidation sites excluding steroid dienone is 1. The summed E-state index contributed by atoms with van der Waals surface area (Å²) in [6, 6.07) is 19.0. The topological polar surface area (TPSA) is 102 Å². The first-order valence-electron chi connectivity index (χ1n) is 14.1. The highest BCUT2D eigenvalue weighted by Crippen LogP contribution is 2.32. The molecule has 5 rings (SSSR count). The highest BCUT2D eigenvalue weighted by molar-refractivity contribution is 6.38. The van der Waals surface area contributed by atoms with Crippen molar-refractivity contribution in [2.75, 3.05) is 49.6 Å². The molecule has 218 valence electrons. The maximum absolute atomic E-state index is 13.3. The molecule has 1 aromatic heterocycles. The minimum Gasteiger partial charge on any atom is -0.489 e. The van der Waals surface area contributed by atoms with Crippen molar-refractivity contribution < 1.29 is 14.3 Å². The van der Waals surface area contributed by atoms with Gasteiger partial charge in [0, 0.05) is 70.0 Å². The lowest BCUT2D eigenvalue weighted by Gasteiger charge is -2.36. The number of pyridine rings is 1. The third-order valence-corrected chi connectivity index (χ3v) is 7.50. The Labute approximate surface area is 246 Å². The molecule has 1 fully saturated rings. The second kappa shape index (κ2) is 13.3. The highest BCUT2D eigenvalue weighted by atomic mass is 16.5. The van der Waals surface area contributed by atoms with Crippen LogP contribution in [0.3, 0.4) is 0 Å². The minimum absolute atomic E-state index is 0.0274. The number of fused-ring (bicyclic) bond motifs is 1. The Hall–Kier alpha value is -4.70. The number of amides is 2. The molecule has 2 amide bonds. The smallest absolute Gasteiger partial charge is 0.267 e. The summed E-state index contributed by atoms with van der Waals surface area (Å²) < 4.78 is 5.98. The molecule has 2 aromatic carbocycles. The van der Waals surface area contributed by atoms with Gasteiger partial charge in [0.15, 0.2) is 0 Å². The molecule has 1 atom stereocenters. The van der Waals surface area contributed by atoms with Crippen LogP contribution in [0.15, 0.2) is 90.4 Å². The fourth-order valence-corrected chi connectivity index (χ4v) is 5.08. The number of hydrogen-bond acceptors (Lipinski definition) is 8. The van der Waals surface area contributed by atoms with Gasteiger partial charge in [0.1, 0.15) is 24.1 Å². The number of nitrogens with zero attached hydrogens (tertiary/aromatic N) is 5. The number of likely N-dealkylation sites (N-methyl/N-ethyl adjacent to an activating group) is 1. The molecule has 42 heavy (non-hydrogen) atoms. The number of carbonyl (C=O) groups excluding carboxylic acids is 2. The summed E-state index contributed by atoms with van der Waals surface area (Å²) >= 11 is 0. The van der Waals surface area contributed by atoms with E-state index in [2.05, 4.69) is 37.2 Å². The number of aromatic nitrogens is 1. The van der Waals surface area contributed by atoms with Gasteiger partial charge in [-0.1, -0.05) is 43.0 Å². The van der Waals surface area contributed by atoms with Crippen molar-refractivity contribution in [3.8, 4) is 5.75 Å². The molecule has 10 nitrogen and oxygen atoms in total. The molecule has 3 heterocycles. The Morgan fingerprint density at radius 1 is 1.05 bits per heavy atom. The molecule has 0 spiro atoms. The summed E-state index contributed by atoms with van der Waals surface area (Å²) in [7, 11) is 1.71. The van der Waals surface area contributed by atoms with Crippen LogP contribution in [0.2, 0.25) is 0 Å². The van der Waals surface area contributed by atoms with Gasteiger partial charge < -0.3 is 19.9 Å². The number of rotatable bonds is 9. The second-order valence-corrected chi connectivity index (χ2v) is 10.6. The molecule has 0 aliphatic carbocycles. The Morgan fingerprint density at radius 3 is 2.52 bits per heavy atom. The number of carbonyl (C=O) groups is 2. The Bertz CT molecular complexity index is 1440. The van der Waals surface area contributed by atoms with Crippen LogP contribution in [0.25, 0.3) is 0 Å². The third kappa shape index (κ3) is 7.13. The molecular weight excluding hydrogens is 530 g/mol. The first-order valence-corrected chi connectivity index (χ1v) is 14.1. The molecule has 2 N–H and O–H groups in total. The van der Waals surface area contributed by atoms with Crippen LogP contribution in [0.5, 0.6) is 5.75 Å². The van der Waals surface area contributed by atoms with Gasteiger partial charge in [-0.2, -0.15) is 5.10 Å². The Morgan fingerprint density at radius 2 is 1.79 bits per heavy atom. The van der Waals surface area contributed by atoms with E-state index in [1.165, 1.54) is 5.69 Å². The molecule has 0 radical (unpaired) electrons. The third-order valence-electron chi connectivity index (χ3n) is 7.50. The minimum atomic E-state index is -0.850. The maximum atomic E-state index is 13.3. The summed E-state index contributed by atoms with van der Waals surface area (Å²) in [5, 5.41) is 6.93. The monoisotopic (exact) mass is 567 g/mol. The van der Waals surface area contributed by atoms with E-state index in [9.17, 15) is 9.59 Å². The SMILES string of the molecule is C=C(Cc1ccccc1)N/N=C(\C)C(=O)N[C@H]1COc2ccc(CN3CCN(c4ccncc4)CC3)cc2N(C)C1=O. The summed E-state index contributed by atoms with van der Waals surface area (Å²) in [6.07, 6.45) is 4.23. The van der Waals surface area contributed by atoms with Gasteiger partial charge in [-0.3, -0.25) is 24.9 Å². The zero-order chi connectivity index (χ0) is 29.5. The molecule has 0 unspecified atom stereocenters. The number of piperazine rings is 1. The predicted octanol–water partition coefficient (Wildman–Crippen LogP) is 2.97. The summed E-state index contributed by atoms with van der Waals surface area (Å²) in [6.45, 7) is 10.1. The van der Waals surface area contributed by atoms with Gasteiger partial charge in [0.05, 0.1) is 5.69 Å². The molecule has 0 saturated carbocycles. The molecule has 2 aliphatic rings. The van der Waals surface area contributed by atoms with Gasteiger partial charge in [-0.25, -0.2) is 0 Å². The van der Waals surface area contributed by atoms with E-state index in [0.29, 0.717) is 23.6 Å². The highest BCUT2D eigenvalue weighted by Gasteiger charge is 2.31. The van der Waals surface area contributed by atoms with Crippen LogP contribution in [0, 0.1) is 0 Å². The Balaban J connectivity index is 1.15. The number of nitrogens with one attached hydrogen (secondary N) is 2.